The largest absolute Gasteiger partial charge is 0.490 e. The Hall–Kier alpha value is -4.18. The molecule has 1 amide bonds. The Morgan fingerprint density at radius 3 is 2.73 bits per heavy atom. The minimum atomic E-state index is -0.561. The van der Waals surface area contributed by atoms with E-state index in [4.69, 9.17) is 21.1 Å². The second kappa shape index (κ2) is 11.4. The zero-order valence-corrected chi connectivity index (χ0v) is 18.3. The number of nitro groups is 1. The highest BCUT2D eigenvalue weighted by Crippen LogP contribution is 2.36. The molecule has 0 aliphatic carbocycles. The number of halogens is 1. The number of hydrogen-bond donors (Lipinski definition) is 2. The van der Waals surface area contributed by atoms with Crippen LogP contribution in [0.4, 0.5) is 17.2 Å². The van der Waals surface area contributed by atoms with E-state index in [-0.39, 0.29) is 34.8 Å². The van der Waals surface area contributed by atoms with E-state index in [9.17, 15) is 14.9 Å². The maximum absolute atomic E-state index is 12.2. The maximum Gasteiger partial charge on any atom is 0.313 e. The SMILES string of the molecule is CCOc1cc(/C=N\Nc2ncccc2[N+](=O)[O-])cc(Cl)c1OCC(=O)Nc1ccccc1. The average molecular weight is 470 g/mol. The summed E-state index contributed by atoms with van der Waals surface area (Å²) >= 11 is 6.36. The molecule has 0 saturated heterocycles. The standard InChI is InChI=1S/C22H20ClN5O5/c1-2-32-19-12-15(13-25-27-22-18(28(30)31)9-6-10-24-22)11-17(23)21(19)33-14-20(29)26-16-7-4-3-5-8-16/h3-13H,2,14H2,1H3,(H,24,27)(H,26,29)/b25-13-. The van der Waals surface area contributed by atoms with Gasteiger partial charge < -0.3 is 14.8 Å². The van der Waals surface area contributed by atoms with Crippen LogP contribution in [-0.2, 0) is 4.79 Å². The van der Waals surface area contributed by atoms with Crippen molar-refractivity contribution in [3.8, 4) is 11.5 Å². The minimum Gasteiger partial charge on any atom is -0.490 e. The number of benzene rings is 2. The van der Waals surface area contributed by atoms with Crippen molar-refractivity contribution in [2.45, 2.75) is 6.92 Å². The first-order valence-electron chi connectivity index (χ1n) is 9.80. The fraction of sp³-hybridized carbons (Fsp3) is 0.136. The number of nitrogens with zero attached hydrogens (tertiary/aromatic N) is 3. The number of aromatic nitrogens is 1. The van der Waals surface area contributed by atoms with Crippen molar-refractivity contribution in [3.63, 3.8) is 0 Å². The molecule has 1 heterocycles. The third-order valence-corrected chi connectivity index (χ3v) is 4.38. The smallest absolute Gasteiger partial charge is 0.313 e. The molecule has 0 unspecified atom stereocenters. The molecule has 10 nitrogen and oxygen atoms in total. The summed E-state index contributed by atoms with van der Waals surface area (Å²) in [6, 6.07) is 14.9. The number of para-hydroxylation sites is 1. The highest BCUT2D eigenvalue weighted by atomic mass is 35.5. The second-order valence-corrected chi connectivity index (χ2v) is 6.87. The van der Waals surface area contributed by atoms with Crippen molar-refractivity contribution in [1.82, 2.24) is 4.98 Å². The molecule has 0 spiro atoms. The number of hydrogen-bond acceptors (Lipinski definition) is 8. The molecule has 0 saturated carbocycles. The van der Waals surface area contributed by atoms with Gasteiger partial charge in [0.1, 0.15) is 0 Å². The highest BCUT2D eigenvalue weighted by molar-refractivity contribution is 6.32. The van der Waals surface area contributed by atoms with Crippen molar-refractivity contribution in [1.29, 1.82) is 0 Å². The lowest BCUT2D eigenvalue weighted by atomic mass is 10.2. The Kier molecular flexibility index (Phi) is 8.14. The molecule has 33 heavy (non-hydrogen) atoms. The second-order valence-electron chi connectivity index (χ2n) is 6.46. The molecule has 0 radical (unpaired) electrons. The van der Waals surface area contributed by atoms with E-state index in [1.165, 1.54) is 24.5 Å². The molecule has 2 N–H and O–H groups in total. The third kappa shape index (κ3) is 6.65. The summed E-state index contributed by atoms with van der Waals surface area (Å²) in [7, 11) is 0. The van der Waals surface area contributed by atoms with Crippen molar-refractivity contribution >= 4 is 40.9 Å². The van der Waals surface area contributed by atoms with Gasteiger partial charge in [-0.2, -0.15) is 5.10 Å². The Morgan fingerprint density at radius 1 is 1.21 bits per heavy atom. The molecule has 2 aromatic carbocycles. The summed E-state index contributed by atoms with van der Waals surface area (Å²) in [5, 5.41) is 18.0. The normalized spacial score (nSPS) is 10.6. The van der Waals surface area contributed by atoms with Gasteiger partial charge >= 0.3 is 5.69 Å². The van der Waals surface area contributed by atoms with Gasteiger partial charge in [0, 0.05) is 18.0 Å². The molecule has 0 aliphatic rings. The lowest BCUT2D eigenvalue weighted by Gasteiger charge is -2.14. The molecular weight excluding hydrogens is 450 g/mol. The molecule has 11 heteroatoms. The molecule has 0 atom stereocenters. The van der Waals surface area contributed by atoms with E-state index < -0.39 is 4.92 Å². The quantitative estimate of drug-likeness (QED) is 0.254. The zero-order chi connectivity index (χ0) is 23.6. The van der Waals surface area contributed by atoms with Crippen LogP contribution in [0.1, 0.15) is 12.5 Å². The van der Waals surface area contributed by atoms with Crippen molar-refractivity contribution in [3.05, 3.63) is 81.5 Å². The van der Waals surface area contributed by atoms with Crippen LogP contribution >= 0.6 is 11.6 Å². The summed E-state index contributed by atoms with van der Waals surface area (Å²) in [5.41, 5.74) is 3.52. The van der Waals surface area contributed by atoms with Crippen LogP contribution < -0.4 is 20.2 Å². The first-order valence-corrected chi connectivity index (χ1v) is 10.2. The first-order chi connectivity index (χ1) is 16.0. The predicted molar refractivity (Wildman–Crippen MR) is 125 cm³/mol. The van der Waals surface area contributed by atoms with Gasteiger partial charge in [-0.1, -0.05) is 29.8 Å². The summed E-state index contributed by atoms with van der Waals surface area (Å²) in [4.78, 5) is 26.6. The predicted octanol–water partition coefficient (Wildman–Crippen LogP) is 4.51. The van der Waals surface area contributed by atoms with Crippen LogP contribution in [0.2, 0.25) is 5.02 Å². The van der Waals surface area contributed by atoms with Crippen LogP contribution in [-0.4, -0.2) is 35.2 Å². The van der Waals surface area contributed by atoms with Crippen LogP contribution in [0.5, 0.6) is 11.5 Å². The number of rotatable bonds is 10. The molecular formula is C22H20ClN5O5. The van der Waals surface area contributed by atoms with Gasteiger partial charge in [-0.05, 0) is 42.8 Å². The first kappa shape index (κ1) is 23.5. The highest BCUT2D eigenvalue weighted by Gasteiger charge is 2.15. The van der Waals surface area contributed by atoms with Gasteiger partial charge in [-0.25, -0.2) is 4.98 Å². The van der Waals surface area contributed by atoms with E-state index in [0.717, 1.165) is 0 Å². The van der Waals surface area contributed by atoms with E-state index >= 15 is 0 Å². The van der Waals surface area contributed by atoms with Gasteiger partial charge in [-0.3, -0.25) is 20.3 Å². The van der Waals surface area contributed by atoms with Crippen LogP contribution in [0.3, 0.4) is 0 Å². The number of nitrogens with one attached hydrogen (secondary N) is 2. The number of carbonyl (C=O) groups excluding carboxylic acids is 1. The number of anilines is 2. The summed E-state index contributed by atoms with van der Waals surface area (Å²) < 4.78 is 11.2. The van der Waals surface area contributed by atoms with Crippen LogP contribution in [0.25, 0.3) is 0 Å². The van der Waals surface area contributed by atoms with Gasteiger partial charge in [-0.15, -0.1) is 0 Å². The zero-order valence-electron chi connectivity index (χ0n) is 17.5. The molecule has 0 fully saturated rings. The van der Waals surface area contributed by atoms with Crippen LogP contribution in [0, 0.1) is 10.1 Å². The van der Waals surface area contributed by atoms with E-state index in [1.54, 1.807) is 31.2 Å². The number of pyridine rings is 1. The molecule has 170 valence electrons. The Bertz CT molecular complexity index is 1160. The summed E-state index contributed by atoms with van der Waals surface area (Å²) in [6.45, 7) is 1.86. The van der Waals surface area contributed by atoms with E-state index in [2.05, 4.69) is 20.8 Å². The van der Waals surface area contributed by atoms with E-state index in [1.807, 2.05) is 18.2 Å². The fourth-order valence-corrected chi connectivity index (χ4v) is 2.99. The summed E-state index contributed by atoms with van der Waals surface area (Å²) in [5.74, 6) is 0.181. The minimum absolute atomic E-state index is 0.000685. The topological polar surface area (TPSA) is 128 Å². The molecule has 3 aromatic rings. The third-order valence-electron chi connectivity index (χ3n) is 4.10. The average Bonchev–Trinajstić information content (AvgIpc) is 2.79. The Morgan fingerprint density at radius 2 is 2.00 bits per heavy atom. The molecule has 3 rings (SSSR count). The molecule has 0 bridgehead atoms. The monoisotopic (exact) mass is 469 g/mol. The van der Waals surface area contributed by atoms with E-state index in [0.29, 0.717) is 23.6 Å². The van der Waals surface area contributed by atoms with Crippen molar-refractivity contribution in [2.75, 3.05) is 24.0 Å². The Labute approximate surface area is 194 Å². The van der Waals surface area contributed by atoms with Crippen molar-refractivity contribution < 1.29 is 19.2 Å². The van der Waals surface area contributed by atoms with Crippen molar-refractivity contribution in [2.24, 2.45) is 5.10 Å². The number of carbonyl (C=O) groups is 1. The molecule has 1 aromatic heterocycles. The van der Waals surface area contributed by atoms with Crippen LogP contribution in [0.15, 0.2) is 65.9 Å². The Balaban J connectivity index is 1.71. The lowest BCUT2D eigenvalue weighted by molar-refractivity contribution is -0.384. The number of amides is 1. The van der Waals surface area contributed by atoms with Gasteiger partial charge in [0.2, 0.25) is 5.82 Å². The number of hydrazone groups is 1. The number of ether oxygens (including phenoxy) is 2. The fourth-order valence-electron chi connectivity index (χ4n) is 2.72. The van der Waals surface area contributed by atoms with Gasteiger partial charge in [0.25, 0.3) is 5.91 Å². The maximum atomic E-state index is 12.2. The van der Waals surface area contributed by atoms with Gasteiger partial charge in [0.05, 0.1) is 22.8 Å². The lowest BCUT2D eigenvalue weighted by Crippen LogP contribution is -2.20. The molecule has 0 aliphatic heterocycles. The van der Waals surface area contributed by atoms with Gasteiger partial charge in [0.15, 0.2) is 18.1 Å². The summed E-state index contributed by atoms with van der Waals surface area (Å²) in [6.07, 6.45) is 2.81.